The van der Waals surface area contributed by atoms with Crippen LogP contribution in [0.2, 0.25) is 5.02 Å². The molecule has 1 N–H and O–H groups in total. The number of ether oxygens (including phenoxy) is 1. The Labute approximate surface area is 117 Å². The van der Waals surface area contributed by atoms with E-state index < -0.39 is 0 Å². The van der Waals surface area contributed by atoms with Gasteiger partial charge in [0.05, 0.1) is 11.6 Å². The number of benzene rings is 1. The van der Waals surface area contributed by atoms with Gasteiger partial charge in [0.2, 0.25) is 0 Å². The molecule has 0 amide bonds. The fraction of sp³-hybridized carbons (Fsp3) is 0.467. The second kappa shape index (κ2) is 4.82. The van der Waals surface area contributed by atoms with Crippen LogP contribution in [0.4, 0.5) is 0 Å². The van der Waals surface area contributed by atoms with Gasteiger partial charge in [-0.1, -0.05) is 11.6 Å². The number of nitrogens with one attached hydrogen (secondary N) is 1. The molecule has 2 heterocycles. The standard InChI is InChI=1S/C15H18ClNO2/c1-15(6-3-7-18-15)14(17-2)13-9-10-8-11(16)4-5-12(10)19-13/h4-5,8-9,14,17H,3,6-7H2,1-2H3. The highest BCUT2D eigenvalue weighted by molar-refractivity contribution is 6.31. The van der Waals surface area contributed by atoms with Gasteiger partial charge >= 0.3 is 0 Å². The molecule has 4 heteroatoms. The summed E-state index contributed by atoms with van der Waals surface area (Å²) in [6.07, 6.45) is 2.14. The summed E-state index contributed by atoms with van der Waals surface area (Å²) < 4.78 is 11.9. The van der Waals surface area contributed by atoms with E-state index in [9.17, 15) is 0 Å². The van der Waals surface area contributed by atoms with E-state index >= 15 is 0 Å². The third-order valence-electron chi connectivity index (χ3n) is 3.93. The number of rotatable bonds is 3. The third-order valence-corrected chi connectivity index (χ3v) is 4.17. The molecule has 0 radical (unpaired) electrons. The number of halogens is 1. The molecule has 1 aliphatic heterocycles. The van der Waals surface area contributed by atoms with E-state index in [-0.39, 0.29) is 11.6 Å². The zero-order valence-corrected chi connectivity index (χ0v) is 12.0. The summed E-state index contributed by atoms with van der Waals surface area (Å²) >= 11 is 6.01. The Hall–Kier alpha value is -1.03. The van der Waals surface area contributed by atoms with Crippen LogP contribution in [0.1, 0.15) is 31.6 Å². The Bertz CT molecular complexity index is 587. The van der Waals surface area contributed by atoms with E-state index in [0.717, 1.165) is 41.2 Å². The molecule has 0 aliphatic carbocycles. The molecule has 1 aromatic carbocycles. The van der Waals surface area contributed by atoms with E-state index in [1.807, 2.05) is 25.2 Å². The van der Waals surface area contributed by atoms with Gasteiger partial charge in [-0.25, -0.2) is 0 Å². The Morgan fingerprint density at radius 2 is 2.21 bits per heavy atom. The van der Waals surface area contributed by atoms with Crippen molar-refractivity contribution in [3.05, 3.63) is 35.0 Å². The Balaban J connectivity index is 2.01. The lowest BCUT2D eigenvalue weighted by Gasteiger charge is -2.31. The summed E-state index contributed by atoms with van der Waals surface area (Å²) in [5.74, 6) is 0.907. The fourth-order valence-corrected chi connectivity index (χ4v) is 3.13. The first-order valence-electron chi connectivity index (χ1n) is 6.62. The minimum atomic E-state index is -0.202. The van der Waals surface area contributed by atoms with Gasteiger partial charge in [0.25, 0.3) is 0 Å². The normalized spacial score (nSPS) is 25.0. The van der Waals surface area contributed by atoms with Crippen LogP contribution in [-0.2, 0) is 4.74 Å². The van der Waals surface area contributed by atoms with Crippen LogP contribution in [-0.4, -0.2) is 19.3 Å². The summed E-state index contributed by atoms with van der Waals surface area (Å²) in [6.45, 7) is 2.96. The van der Waals surface area contributed by atoms with Crippen molar-refractivity contribution < 1.29 is 9.15 Å². The van der Waals surface area contributed by atoms with Gasteiger partial charge in [-0.2, -0.15) is 0 Å². The van der Waals surface area contributed by atoms with Crippen LogP contribution in [0.15, 0.2) is 28.7 Å². The first kappa shape index (κ1) is 13.0. The van der Waals surface area contributed by atoms with Crippen molar-refractivity contribution in [2.75, 3.05) is 13.7 Å². The van der Waals surface area contributed by atoms with E-state index in [0.29, 0.717) is 0 Å². The minimum Gasteiger partial charge on any atom is -0.459 e. The first-order valence-corrected chi connectivity index (χ1v) is 7.00. The summed E-state index contributed by atoms with van der Waals surface area (Å²) in [4.78, 5) is 0. The number of hydrogen-bond acceptors (Lipinski definition) is 3. The van der Waals surface area contributed by atoms with Gasteiger partial charge in [-0.05, 0) is 51.1 Å². The van der Waals surface area contributed by atoms with Gasteiger partial charge < -0.3 is 14.5 Å². The Kier molecular flexibility index (Phi) is 3.29. The maximum absolute atomic E-state index is 6.01. The van der Waals surface area contributed by atoms with Crippen LogP contribution in [0.3, 0.4) is 0 Å². The molecule has 2 unspecified atom stereocenters. The van der Waals surface area contributed by atoms with Gasteiger partial charge in [0, 0.05) is 17.0 Å². The summed E-state index contributed by atoms with van der Waals surface area (Å²) in [6, 6.07) is 7.79. The Morgan fingerprint density at radius 3 is 2.89 bits per heavy atom. The molecule has 1 aliphatic rings. The molecule has 102 valence electrons. The van der Waals surface area contributed by atoms with Crippen LogP contribution in [0, 0.1) is 0 Å². The molecule has 3 nitrogen and oxygen atoms in total. The maximum atomic E-state index is 6.01. The highest BCUT2D eigenvalue weighted by Gasteiger charge is 2.40. The van der Waals surface area contributed by atoms with E-state index in [4.69, 9.17) is 20.8 Å². The Morgan fingerprint density at radius 1 is 1.37 bits per heavy atom. The van der Waals surface area contributed by atoms with Crippen LogP contribution in [0.25, 0.3) is 11.0 Å². The van der Waals surface area contributed by atoms with Crippen molar-refractivity contribution in [2.24, 2.45) is 0 Å². The second-order valence-electron chi connectivity index (χ2n) is 5.32. The average molecular weight is 280 g/mol. The lowest BCUT2D eigenvalue weighted by molar-refractivity contribution is -0.0156. The molecule has 1 aromatic heterocycles. The van der Waals surface area contributed by atoms with E-state index in [1.54, 1.807) is 0 Å². The minimum absolute atomic E-state index is 0.0566. The average Bonchev–Trinajstić information content (AvgIpc) is 2.96. The first-order chi connectivity index (χ1) is 9.12. The predicted molar refractivity (Wildman–Crippen MR) is 76.6 cm³/mol. The van der Waals surface area contributed by atoms with E-state index in [1.165, 1.54) is 0 Å². The molecule has 0 spiro atoms. The number of likely N-dealkylation sites (N-methyl/N-ethyl adjacent to an activating group) is 1. The SMILES string of the molecule is CNC(c1cc2cc(Cl)ccc2o1)C1(C)CCCO1. The van der Waals surface area contributed by atoms with Gasteiger partial charge in [0.1, 0.15) is 11.3 Å². The smallest absolute Gasteiger partial charge is 0.134 e. The number of hydrogen-bond donors (Lipinski definition) is 1. The zero-order valence-electron chi connectivity index (χ0n) is 11.2. The van der Waals surface area contributed by atoms with Gasteiger partial charge in [-0.3, -0.25) is 0 Å². The monoisotopic (exact) mass is 279 g/mol. The lowest BCUT2D eigenvalue weighted by Crippen LogP contribution is -2.39. The highest BCUT2D eigenvalue weighted by atomic mass is 35.5. The summed E-state index contributed by atoms with van der Waals surface area (Å²) in [5.41, 5.74) is 0.660. The predicted octanol–water partition coefficient (Wildman–Crippen LogP) is 3.92. The third kappa shape index (κ3) is 2.27. The van der Waals surface area contributed by atoms with Crippen molar-refractivity contribution in [1.29, 1.82) is 0 Å². The molecule has 0 bridgehead atoms. The molecule has 3 rings (SSSR count). The molecule has 1 fully saturated rings. The summed E-state index contributed by atoms with van der Waals surface area (Å²) in [7, 11) is 1.94. The molecule has 0 saturated carbocycles. The van der Waals surface area contributed by atoms with Crippen LogP contribution < -0.4 is 5.32 Å². The molecule has 1 saturated heterocycles. The summed E-state index contributed by atoms with van der Waals surface area (Å²) in [5, 5.41) is 5.08. The van der Waals surface area contributed by atoms with Crippen molar-refractivity contribution in [3.8, 4) is 0 Å². The second-order valence-corrected chi connectivity index (χ2v) is 5.75. The number of furan rings is 1. The van der Waals surface area contributed by atoms with Crippen molar-refractivity contribution >= 4 is 22.6 Å². The van der Waals surface area contributed by atoms with Crippen LogP contribution >= 0.6 is 11.6 Å². The topological polar surface area (TPSA) is 34.4 Å². The molecular weight excluding hydrogens is 262 g/mol. The number of fused-ring (bicyclic) bond motifs is 1. The fourth-order valence-electron chi connectivity index (χ4n) is 2.95. The van der Waals surface area contributed by atoms with Gasteiger partial charge in [0.15, 0.2) is 0 Å². The van der Waals surface area contributed by atoms with Gasteiger partial charge in [-0.15, -0.1) is 0 Å². The van der Waals surface area contributed by atoms with Crippen molar-refractivity contribution in [1.82, 2.24) is 5.32 Å². The molecule has 2 atom stereocenters. The zero-order chi connectivity index (χ0) is 13.5. The quantitative estimate of drug-likeness (QED) is 0.925. The maximum Gasteiger partial charge on any atom is 0.134 e. The molecule has 19 heavy (non-hydrogen) atoms. The molecular formula is C15H18ClNO2. The molecule has 2 aromatic rings. The van der Waals surface area contributed by atoms with E-state index in [2.05, 4.69) is 18.3 Å². The van der Waals surface area contributed by atoms with Crippen molar-refractivity contribution in [3.63, 3.8) is 0 Å². The largest absolute Gasteiger partial charge is 0.459 e. The van der Waals surface area contributed by atoms with Crippen LogP contribution in [0.5, 0.6) is 0 Å². The van der Waals surface area contributed by atoms with Crippen molar-refractivity contribution in [2.45, 2.75) is 31.4 Å². The lowest BCUT2D eigenvalue weighted by atomic mass is 9.91. The highest BCUT2D eigenvalue weighted by Crippen LogP contribution is 2.39.